The zero-order valence-electron chi connectivity index (χ0n) is 24.2. The van der Waals surface area contributed by atoms with Gasteiger partial charge in [0.15, 0.2) is 11.7 Å². The van der Waals surface area contributed by atoms with E-state index in [2.05, 4.69) is 10.3 Å². The third-order valence-electron chi connectivity index (χ3n) is 7.96. The number of fused-ring (bicyclic) bond motifs is 1. The highest BCUT2D eigenvalue weighted by Gasteiger charge is 2.61. The van der Waals surface area contributed by atoms with E-state index in [1.807, 2.05) is 30.3 Å². The van der Waals surface area contributed by atoms with Crippen molar-refractivity contribution in [2.24, 2.45) is 17.8 Å². The van der Waals surface area contributed by atoms with Crippen molar-refractivity contribution in [3.8, 4) is 17.1 Å². The van der Waals surface area contributed by atoms with Crippen molar-refractivity contribution in [1.29, 1.82) is 0 Å². The maximum atomic E-state index is 13.6. The van der Waals surface area contributed by atoms with Gasteiger partial charge in [0, 0.05) is 36.6 Å². The number of piperidine rings is 1. The van der Waals surface area contributed by atoms with Gasteiger partial charge in [-0.1, -0.05) is 30.3 Å². The van der Waals surface area contributed by atoms with E-state index in [-0.39, 0.29) is 37.4 Å². The molecule has 2 fully saturated rings. The quantitative estimate of drug-likeness (QED) is 0.248. The molecular formula is C32H31F4N3O5. The summed E-state index contributed by atoms with van der Waals surface area (Å²) in [6.45, 7) is 4.43. The number of pyridine rings is 1. The topological polar surface area (TPSA) is 97.8 Å². The SMILES string of the molecule is CC(=O)C(C(=O)N1C[C@@H]2[C@H](C1)[C@H]2Oc1cc(C(C)(C)NC(=O)OCc2ccccc2)cc(-c2ccc(F)cc2)n1)C(F)(F)F. The minimum atomic E-state index is -4.96. The monoisotopic (exact) mass is 613 g/mol. The number of rotatable bonds is 9. The average Bonchev–Trinajstić information content (AvgIpc) is 3.37. The Morgan fingerprint density at radius 1 is 1.00 bits per heavy atom. The second kappa shape index (κ2) is 11.9. The molecule has 2 amide bonds. The first-order valence-electron chi connectivity index (χ1n) is 14.0. The van der Waals surface area contributed by atoms with Crippen molar-refractivity contribution < 1.29 is 41.4 Å². The Kier molecular flexibility index (Phi) is 8.37. The first kappa shape index (κ1) is 31.0. The van der Waals surface area contributed by atoms with Gasteiger partial charge in [0.2, 0.25) is 11.8 Å². The summed E-state index contributed by atoms with van der Waals surface area (Å²) in [6, 6.07) is 18.3. The van der Waals surface area contributed by atoms with E-state index in [1.165, 1.54) is 12.1 Å². The molecule has 8 nitrogen and oxygen atoms in total. The molecular weight excluding hydrogens is 582 g/mol. The number of nitrogens with zero attached hydrogens (tertiary/aromatic N) is 2. The Bertz CT molecular complexity index is 1530. The van der Waals surface area contributed by atoms with Gasteiger partial charge in [0.25, 0.3) is 0 Å². The lowest BCUT2D eigenvalue weighted by molar-refractivity contribution is -0.190. The van der Waals surface area contributed by atoms with Crippen LogP contribution in [0.2, 0.25) is 0 Å². The molecule has 2 aromatic carbocycles. The molecule has 1 saturated carbocycles. The number of hydrogen-bond acceptors (Lipinski definition) is 6. The zero-order valence-corrected chi connectivity index (χ0v) is 24.2. The molecule has 1 unspecified atom stereocenters. The first-order valence-corrected chi connectivity index (χ1v) is 14.0. The fraction of sp³-hybridized carbons (Fsp3) is 0.375. The lowest BCUT2D eigenvalue weighted by Gasteiger charge is -2.28. The summed E-state index contributed by atoms with van der Waals surface area (Å²) in [5, 5.41) is 2.85. The number of carbonyl (C=O) groups is 3. The number of carbonyl (C=O) groups excluding carboxylic acids is 3. The van der Waals surface area contributed by atoms with Crippen molar-refractivity contribution >= 4 is 17.8 Å². The number of ketones is 1. The van der Waals surface area contributed by atoms with Crippen LogP contribution in [0.5, 0.6) is 5.88 Å². The normalized spacial score (nSPS) is 20.0. The highest BCUT2D eigenvalue weighted by atomic mass is 19.4. The summed E-state index contributed by atoms with van der Waals surface area (Å²) in [5.74, 6) is -5.84. The maximum absolute atomic E-state index is 13.6. The summed E-state index contributed by atoms with van der Waals surface area (Å²) >= 11 is 0. The van der Waals surface area contributed by atoms with Crippen molar-refractivity contribution in [2.45, 2.75) is 45.2 Å². The number of aromatic nitrogens is 1. The molecule has 1 saturated heterocycles. The fourth-order valence-corrected chi connectivity index (χ4v) is 5.47. The number of halogens is 4. The van der Waals surface area contributed by atoms with Crippen LogP contribution in [0.25, 0.3) is 11.3 Å². The van der Waals surface area contributed by atoms with Gasteiger partial charge in [-0.25, -0.2) is 14.2 Å². The van der Waals surface area contributed by atoms with Crippen LogP contribution in [0.3, 0.4) is 0 Å². The minimum Gasteiger partial charge on any atom is -0.474 e. The summed E-state index contributed by atoms with van der Waals surface area (Å²) in [5.41, 5.74) is 1.50. The van der Waals surface area contributed by atoms with Gasteiger partial charge < -0.3 is 19.7 Å². The molecule has 0 radical (unpaired) electrons. The largest absolute Gasteiger partial charge is 0.474 e. The Balaban J connectivity index is 1.31. The molecule has 44 heavy (non-hydrogen) atoms. The maximum Gasteiger partial charge on any atom is 0.408 e. The first-order chi connectivity index (χ1) is 20.7. The Labute approximate surface area is 251 Å². The third kappa shape index (κ3) is 6.84. The molecule has 3 aromatic rings. The van der Waals surface area contributed by atoms with Gasteiger partial charge >= 0.3 is 12.3 Å². The van der Waals surface area contributed by atoms with Crippen molar-refractivity contribution in [2.75, 3.05) is 13.1 Å². The van der Waals surface area contributed by atoms with E-state index < -0.39 is 47.3 Å². The summed E-state index contributed by atoms with van der Waals surface area (Å²) in [4.78, 5) is 42.4. The van der Waals surface area contributed by atoms with E-state index in [9.17, 15) is 31.9 Å². The molecule has 4 atom stereocenters. The molecule has 1 aromatic heterocycles. The second-order valence-electron chi connectivity index (χ2n) is 11.6. The third-order valence-corrected chi connectivity index (χ3v) is 7.96. The van der Waals surface area contributed by atoms with Crippen molar-refractivity contribution in [3.63, 3.8) is 0 Å². The van der Waals surface area contributed by atoms with Gasteiger partial charge in [-0.2, -0.15) is 13.2 Å². The van der Waals surface area contributed by atoms with E-state index in [1.54, 1.807) is 38.1 Å². The van der Waals surface area contributed by atoms with Crippen LogP contribution in [0.1, 0.15) is 31.9 Å². The molecule has 1 aliphatic heterocycles. The Morgan fingerprint density at radius 2 is 1.64 bits per heavy atom. The molecule has 12 heteroatoms. The number of nitrogens with one attached hydrogen (secondary N) is 1. The molecule has 2 heterocycles. The molecule has 0 bridgehead atoms. The number of alkyl halides is 3. The van der Waals surface area contributed by atoms with Crippen LogP contribution in [0.4, 0.5) is 22.4 Å². The number of hydrogen-bond donors (Lipinski definition) is 1. The number of likely N-dealkylation sites (tertiary alicyclic amines) is 1. The molecule has 232 valence electrons. The minimum absolute atomic E-state index is 0.0266. The van der Waals surface area contributed by atoms with E-state index in [0.717, 1.165) is 17.4 Å². The van der Waals surface area contributed by atoms with Crippen LogP contribution in [0, 0.1) is 23.6 Å². The van der Waals surface area contributed by atoms with Crippen molar-refractivity contribution in [3.05, 3.63) is 83.7 Å². The van der Waals surface area contributed by atoms with E-state index >= 15 is 0 Å². The molecule has 5 rings (SSSR count). The van der Waals surface area contributed by atoms with E-state index in [4.69, 9.17) is 9.47 Å². The molecule has 2 aliphatic rings. The highest BCUT2D eigenvalue weighted by molar-refractivity contribution is 6.01. The number of ether oxygens (including phenoxy) is 2. The van der Waals surface area contributed by atoms with E-state index in [0.29, 0.717) is 16.8 Å². The van der Waals surface area contributed by atoms with Crippen LogP contribution in [-0.2, 0) is 26.5 Å². The van der Waals surface area contributed by atoms with Crippen LogP contribution in [0.15, 0.2) is 66.7 Å². The van der Waals surface area contributed by atoms with Gasteiger partial charge in [0.05, 0.1) is 11.2 Å². The van der Waals surface area contributed by atoms with Crippen LogP contribution < -0.4 is 10.1 Å². The van der Waals surface area contributed by atoms with Crippen molar-refractivity contribution in [1.82, 2.24) is 15.2 Å². The predicted molar refractivity (Wildman–Crippen MR) is 151 cm³/mol. The predicted octanol–water partition coefficient (Wildman–Crippen LogP) is 5.65. The lowest BCUT2D eigenvalue weighted by atomic mass is 9.93. The number of amides is 2. The number of benzene rings is 2. The Morgan fingerprint density at radius 3 is 2.23 bits per heavy atom. The van der Waals surface area contributed by atoms with Gasteiger partial charge in [-0.15, -0.1) is 0 Å². The summed E-state index contributed by atoms with van der Waals surface area (Å²) in [6.07, 6.45) is -6.01. The molecule has 1 N–H and O–H groups in total. The van der Waals surface area contributed by atoms with Gasteiger partial charge in [-0.3, -0.25) is 9.59 Å². The molecule has 1 aliphatic carbocycles. The van der Waals surface area contributed by atoms with Gasteiger partial charge in [-0.05, 0) is 62.2 Å². The zero-order chi connectivity index (χ0) is 31.8. The summed E-state index contributed by atoms with van der Waals surface area (Å²) in [7, 11) is 0. The number of alkyl carbamates (subject to hydrolysis) is 1. The Hall–Kier alpha value is -4.48. The second-order valence-corrected chi connectivity index (χ2v) is 11.6. The van der Waals surface area contributed by atoms with Crippen LogP contribution in [-0.4, -0.2) is 53.0 Å². The average molecular weight is 614 g/mol. The highest BCUT2D eigenvalue weighted by Crippen LogP contribution is 2.49. The lowest BCUT2D eigenvalue weighted by Crippen LogP contribution is -2.46. The standard InChI is InChI=1S/C32H31F4N3O5/c1-18(40)27(32(34,35)36)29(41)39-15-23-24(16-39)28(23)44-26-14-21(13-25(37-26)20-9-11-22(33)12-10-20)31(2,3)38-30(42)43-17-19-7-5-4-6-8-19/h4-14,23-24,27-28H,15-17H2,1-3H3,(H,38,42)/t23-,24+,27?,28+. The summed E-state index contributed by atoms with van der Waals surface area (Å²) < 4.78 is 65.2. The fourth-order valence-electron chi connectivity index (χ4n) is 5.47. The number of Topliss-reactive ketones (excluding diaryl/α,β-unsaturated/α-hetero) is 1. The molecule has 0 spiro atoms. The van der Waals surface area contributed by atoms with Gasteiger partial charge in [0.1, 0.15) is 18.5 Å². The smallest absolute Gasteiger partial charge is 0.408 e. The van der Waals surface area contributed by atoms with Crippen LogP contribution >= 0.6 is 0 Å².